The van der Waals surface area contributed by atoms with Gasteiger partial charge < -0.3 is 0 Å². The van der Waals surface area contributed by atoms with Gasteiger partial charge in [0.05, 0.1) is 0 Å². The van der Waals surface area contributed by atoms with Crippen LogP contribution in [0.15, 0.2) is 182 Å². The van der Waals surface area contributed by atoms with E-state index in [1.807, 2.05) is 121 Å². The zero-order valence-corrected chi connectivity index (χ0v) is 39.5. The Morgan fingerprint density at radius 3 is 0.928 bits per heavy atom. The fourth-order valence-corrected chi connectivity index (χ4v) is 12.5. The summed E-state index contributed by atoms with van der Waals surface area (Å²) >= 11 is 2.29. The maximum atomic E-state index is 16.7. The van der Waals surface area contributed by atoms with Gasteiger partial charge in [-0.2, -0.15) is 26.3 Å². The number of rotatable bonds is 8. The molecule has 0 radical (unpaired) electrons. The molecule has 0 nitrogen and oxygen atoms in total. The first kappa shape index (κ1) is 44.5. The third-order valence-electron chi connectivity index (χ3n) is 13.5. The Morgan fingerprint density at radius 1 is 0.304 bits per heavy atom. The van der Waals surface area contributed by atoms with E-state index in [1.54, 1.807) is 27.7 Å². The van der Waals surface area contributed by atoms with E-state index in [2.05, 4.69) is 60.7 Å². The average molecular weight is 953 g/mol. The predicted molar refractivity (Wildman–Crippen MR) is 277 cm³/mol. The van der Waals surface area contributed by atoms with E-state index < -0.39 is 28.9 Å². The molecule has 340 valence electrons. The highest BCUT2D eigenvalue weighted by atomic mass is 32.1. The van der Waals surface area contributed by atoms with Gasteiger partial charge in [-0.05, 0) is 130 Å². The van der Waals surface area contributed by atoms with Crippen molar-refractivity contribution in [2.45, 2.75) is 45.5 Å². The summed E-state index contributed by atoms with van der Waals surface area (Å²) in [5.74, 6) is -16.1. The van der Waals surface area contributed by atoms with Gasteiger partial charge in [0.2, 0.25) is 0 Å². The van der Waals surface area contributed by atoms with Crippen LogP contribution in [0.2, 0.25) is 0 Å². The van der Waals surface area contributed by atoms with Crippen molar-refractivity contribution in [2.24, 2.45) is 0 Å². The summed E-state index contributed by atoms with van der Waals surface area (Å²) in [6.45, 7) is 6.54. The number of hydrogen-bond donors (Lipinski definition) is 0. The second-order valence-corrected chi connectivity index (χ2v) is 20.4. The lowest BCUT2D eigenvalue weighted by Gasteiger charge is -2.26. The molecule has 0 atom stereocenters. The molecule has 0 N–H and O–H groups in total. The minimum Gasteiger partial charge on any atom is -0.194 e. The van der Waals surface area contributed by atoms with Crippen molar-refractivity contribution in [1.82, 2.24) is 0 Å². The molecule has 2 heterocycles. The van der Waals surface area contributed by atoms with E-state index >= 15 is 26.3 Å². The fraction of sp³-hybridized carbons (Fsp3) is 0.115. The van der Waals surface area contributed by atoms with Gasteiger partial charge in [0.25, 0.3) is 0 Å². The predicted octanol–water partition coefficient (Wildman–Crippen LogP) is 19.2. The SMILES string of the molecule is Cc1sc2cc(-c3ccc(-c4cccc(-c5ccccc5)c4)cc3)cc(C)c2c1C1=C(c2c(C)sc3cc(-c4ccc(-c5cccc(-c6ccccc6)c5)cc4)cc(C)c23)C(F)(F)C(F)(F)C1(F)F. The zero-order chi connectivity index (χ0) is 48.0. The molecule has 0 amide bonds. The van der Waals surface area contributed by atoms with Crippen LogP contribution in [0.5, 0.6) is 0 Å². The third kappa shape index (κ3) is 7.26. The van der Waals surface area contributed by atoms with Crippen LogP contribution in [0.4, 0.5) is 26.3 Å². The lowest BCUT2D eigenvalue weighted by Crippen LogP contribution is -2.49. The summed E-state index contributed by atoms with van der Waals surface area (Å²) in [5.41, 5.74) is 9.71. The van der Waals surface area contributed by atoms with Gasteiger partial charge >= 0.3 is 17.8 Å². The average Bonchev–Trinajstić information content (AvgIpc) is 3.91. The smallest absolute Gasteiger partial charge is 0.194 e. The lowest BCUT2D eigenvalue weighted by molar-refractivity contribution is -0.254. The molecular weight excluding hydrogens is 911 g/mol. The van der Waals surface area contributed by atoms with Crippen LogP contribution >= 0.6 is 22.7 Å². The molecule has 69 heavy (non-hydrogen) atoms. The number of alkyl halides is 6. The van der Waals surface area contributed by atoms with Crippen molar-refractivity contribution >= 4 is 54.0 Å². The molecule has 0 saturated heterocycles. The largest absolute Gasteiger partial charge is 0.380 e. The van der Waals surface area contributed by atoms with Gasteiger partial charge in [-0.1, -0.05) is 158 Å². The van der Waals surface area contributed by atoms with Crippen molar-refractivity contribution in [2.75, 3.05) is 0 Å². The van der Waals surface area contributed by atoms with E-state index in [9.17, 15) is 0 Å². The van der Waals surface area contributed by atoms with Crippen molar-refractivity contribution < 1.29 is 26.3 Å². The lowest BCUT2D eigenvalue weighted by atomic mass is 9.88. The number of halogens is 6. The highest BCUT2D eigenvalue weighted by Gasteiger charge is 2.80. The minimum atomic E-state index is -5.70. The quantitative estimate of drug-likeness (QED) is 0.133. The van der Waals surface area contributed by atoms with E-state index in [-0.39, 0.29) is 31.7 Å². The molecule has 2 aromatic heterocycles. The van der Waals surface area contributed by atoms with E-state index in [1.165, 1.54) is 0 Å². The zero-order valence-electron chi connectivity index (χ0n) is 37.9. The molecule has 0 fully saturated rings. The second-order valence-electron chi connectivity index (χ2n) is 17.9. The van der Waals surface area contributed by atoms with Crippen molar-refractivity contribution in [3.05, 3.63) is 214 Å². The maximum absolute atomic E-state index is 16.7. The van der Waals surface area contributed by atoms with Crippen LogP contribution in [0.1, 0.15) is 32.0 Å². The summed E-state index contributed by atoms with van der Waals surface area (Å²) in [7, 11) is 0. The van der Waals surface area contributed by atoms with Gasteiger partial charge in [0, 0.05) is 52.2 Å². The maximum Gasteiger partial charge on any atom is 0.380 e. The molecule has 8 heteroatoms. The van der Waals surface area contributed by atoms with E-state index in [0.29, 0.717) is 20.5 Å². The summed E-state index contributed by atoms with van der Waals surface area (Å²) < 4.78 is 99.8. The van der Waals surface area contributed by atoms with Crippen LogP contribution in [-0.2, 0) is 0 Å². The molecule has 0 unspecified atom stereocenters. The Hall–Kier alpha value is -7.00. The number of aryl methyl sites for hydroxylation is 4. The van der Waals surface area contributed by atoms with Crippen LogP contribution in [-0.4, -0.2) is 17.8 Å². The van der Waals surface area contributed by atoms with Gasteiger partial charge in [0.1, 0.15) is 0 Å². The molecule has 0 bridgehead atoms. The summed E-state index contributed by atoms with van der Waals surface area (Å²) in [4.78, 5) is 0.511. The summed E-state index contributed by atoms with van der Waals surface area (Å²) in [6, 6.07) is 60.1. The molecular formula is C61H42F6S2. The first-order chi connectivity index (χ1) is 33.1. The van der Waals surface area contributed by atoms with Gasteiger partial charge in [-0.3, -0.25) is 0 Å². The molecule has 1 aliphatic rings. The molecule has 10 aromatic rings. The van der Waals surface area contributed by atoms with Crippen LogP contribution in [0.3, 0.4) is 0 Å². The monoisotopic (exact) mass is 952 g/mol. The van der Waals surface area contributed by atoms with Crippen molar-refractivity contribution in [3.8, 4) is 66.8 Å². The standard InChI is InChI=1S/C61H42F6S2/c1-35-29-49(43-25-21-41(22-26-43)47-19-11-17-45(31-47)39-13-7-5-8-14-39)33-51-53(35)55(37(3)68-51)57-58(60(64,65)61(66,67)59(57,62)63)56-38(4)69-52-34-50(30-36(2)54(52)56)44-27-23-42(24-28-44)48-20-12-18-46(32-48)40-15-9-6-10-16-40/h5-34H,1-4H3. The van der Waals surface area contributed by atoms with Crippen LogP contribution in [0, 0.1) is 27.7 Å². The van der Waals surface area contributed by atoms with Gasteiger partial charge in [0.15, 0.2) is 0 Å². The number of fused-ring (bicyclic) bond motifs is 2. The number of hydrogen-bond acceptors (Lipinski definition) is 2. The Labute approximate surface area is 404 Å². The normalized spacial score (nSPS) is 15.1. The second kappa shape index (κ2) is 16.6. The highest BCUT2D eigenvalue weighted by Crippen LogP contribution is 2.67. The third-order valence-corrected chi connectivity index (χ3v) is 15.6. The van der Waals surface area contributed by atoms with Crippen molar-refractivity contribution in [1.29, 1.82) is 0 Å². The van der Waals surface area contributed by atoms with E-state index in [4.69, 9.17) is 0 Å². The van der Waals surface area contributed by atoms with E-state index in [0.717, 1.165) is 89.4 Å². The number of allylic oxidation sites excluding steroid dienone is 2. The Balaban J connectivity index is 0.979. The molecule has 0 aliphatic heterocycles. The highest BCUT2D eigenvalue weighted by molar-refractivity contribution is 7.20. The molecule has 8 aromatic carbocycles. The number of thiophene rings is 2. The summed E-state index contributed by atoms with van der Waals surface area (Å²) in [6.07, 6.45) is 0. The van der Waals surface area contributed by atoms with Crippen molar-refractivity contribution in [3.63, 3.8) is 0 Å². The minimum absolute atomic E-state index is 0.256. The molecule has 11 rings (SSSR count). The first-order valence-electron chi connectivity index (χ1n) is 22.6. The Kier molecular flexibility index (Phi) is 10.7. The Morgan fingerprint density at radius 2 is 0.594 bits per heavy atom. The van der Waals surface area contributed by atoms with Gasteiger partial charge in [-0.25, -0.2) is 0 Å². The summed E-state index contributed by atoms with van der Waals surface area (Å²) in [5, 5.41) is 0.533. The molecule has 0 spiro atoms. The topological polar surface area (TPSA) is 0 Å². The van der Waals surface area contributed by atoms with Crippen LogP contribution < -0.4 is 0 Å². The molecule has 0 saturated carbocycles. The number of benzene rings is 8. The first-order valence-corrected chi connectivity index (χ1v) is 24.2. The fourth-order valence-electron chi connectivity index (χ4n) is 10.1. The van der Waals surface area contributed by atoms with Gasteiger partial charge in [-0.15, -0.1) is 22.7 Å². The Bertz CT molecular complexity index is 3410. The van der Waals surface area contributed by atoms with Crippen LogP contribution in [0.25, 0.3) is 98.1 Å². The molecule has 1 aliphatic carbocycles.